The first-order chi connectivity index (χ1) is 12.9. The monoisotopic (exact) mass is 402 g/mol. The number of anilines is 1. The highest BCUT2D eigenvalue weighted by atomic mass is 32.2. The van der Waals surface area contributed by atoms with Crippen LogP contribution >= 0.6 is 0 Å². The van der Waals surface area contributed by atoms with Crippen LogP contribution in [0, 0.1) is 20.8 Å². The number of nitrogens with zero attached hydrogens (tertiary/aromatic N) is 1. The Morgan fingerprint density at radius 1 is 1.00 bits per heavy atom. The molecule has 0 heterocycles. The molecule has 1 amide bonds. The lowest BCUT2D eigenvalue weighted by Crippen LogP contribution is -2.40. The molecule has 2 aromatic rings. The van der Waals surface area contributed by atoms with Crippen molar-refractivity contribution in [3.05, 3.63) is 58.7 Å². The molecule has 0 aliphatic heterocycles. The summed E-state index contributed by atoms with van der Waals surface area (Å²) in [5.41, 5.74) is 3.48. The Hall–Kier alpha value is -2.18. The van der Waals surface area contributed by atoms with E-state index in [0.29, 0.717) is 12.1 Å². The summed E-state index contributed by atoms with van der Waals surface area (Å²) in [5.74, 6) is -0.209. The van der Waals surface area contributed by atoms with E-state index >= 15 is 0 Å². The number of nitrogens with one attached hydrogen (secondary N) is 1. The van der Waals surface area contributed by atoms with Crippen molar-refractivity contribution in [1.82, 2.24) is 4.72 Å². The van der Waals surface area contributed by atoms with Crippen LogP contribution in [0.25, 0.3) is 0 Å². The second-order valence-corrected chi connectivity index (χ2v) is 9.85. The Morgan fingerprint density at radius 3 is 2.18 bits per heavy atom. The van der Waals surface area contributed by atoms with Crippen LogP contribution in [0.1, 0.15) is 54.7 Å². The number of hydrogen-bond acceptors (Lipinski definition) is 3. The van der Waals surface area contributed by atoms with Gasteiger partial charge >= 0.3 is 0 Å². The van der Waals surface area contributed by atoms with Gasteiger partial charge in [0.05, 0.1) is 4.90 Å². The number of carbonyl (C=O) groups is 1. The quantitative estimate of drug-likeness (QED) is 0.808. The van der Waals surface area contributed by atoms with Crippen LogP contribution in [-0.4, -0.2) is 26.4 Å². The number of sulfonamides is 1. The van der Waals surface area contributed by atoms with Gasteiger partial charge in [0.2, 0.25) is 10.0 Å². The third-order valence-corrected chi connectivity index (χ3v) is 6.15. The average molecular weight is 403 g/mol. The highest BCUT2D eigenvalue weighted by molar-refractivity contribution is 7.89. The summed E-state index contributed by atoms with van der Waals surface area (Å²) in [4.78, 5) is 15.1. The molecule has 0 aliphatic carbocycles. The molecule has 0 saturated heterocycles. The fourth-order valence-corrected chi connectivity index (χ4v) is 4.58. The number of amides is 1. The van der Waals surface area contributed by atoms with Crippen LogP contribution < -0.4 is 9.62 Å². The van der Waals surface area contributed by atoms with Crippen LogP contribution in [0.4, 0.5) is 5.69 Å². The Kier molecular flexibility index (Phi) is 6.36. The van der Waals surface area contributed by atoms with Crippen LogP contribution in [0.5, 0.6) is 0 Å². The maximum Gasteiger partial charge on any atom is 0.258 e. The summed E-state index contributed by atoms with van der Waals surface area (Å²) in [6, 6.07) is 10.6. The van der Waals surface area contributed by atoms with E-state index in [1.54, 1.807) is 31.7 Å². The van der Waals surface area contributed by atoms with E-state index in [1.807, 2.05) is 45.9 Å². The van der Waals surface area contributed by atoms with E-state index in [1.165, 1.54) is 12.1 Å². The lowest BCUT2D eigenvalue weighted by Gasteiger charge is -2.25. The van der Waals surface area contributed by atoms with E-state index < -0.39 is 15.6 Å². The fraction of sp³-hybridized carbons (Fsp3) is 0.409. The molecule has 5 nitrogen and oxygen atoms in total. The van der Waals surface area contributed by atoms with Crippen molar-refractivity contribution >= 4 is 21.6 Å². The summed E-state index contributed by atoms with van der Waals surface area (Å²) >= 11 is 0. The normalized spacial score (nSPS) is 12.1. The molecule has 0 spiro atoms. The first-order valence-corrected chi connectivity index (χ1v) is 10.9. The van der Waals surface area contributed by atoms with Crippen molar-refractivity contribution in [2.75, 3.05) is 11.4 Å². The fourth-order valence-electron chi connectivity index (χ4n) is 3.14. The molecule has 2 aromatic carbocycles. The van der Waals surface area contributed by atoms with Gasteiger partial charge in [-0.3, -0.25) is 4.79 Å². The van der Waals surface area contributed by atoms with E-state index in [9.17, 15) is 13.2 Å². The zero-order chi connectivity index (χ0) is 21.3. The van der Waals surface area contributed by atoms with Crippen molar-refractivity contribution in [1.29, 1.82) is 0 Å². The second kappa shape index (κ2) is 8.05. The second-order valence-electron chi connectivity index (χ2n) is 8.17. The average Bonchev–Trinajstić information content (AvgIpc) is 2.55. The largest absolute Gasteiger partial charge is 0.308 e. The summed E-state index contributed by atoms with van der Waals surface area (Å²) in [5, 5.41) is 0. The molecule has 152 valence electrons. The molecule has 1 N–H and O–H groups in total. The molecule has 0 fully saturated rings. The number of rotatable bonds is 5. The predicted molar refractivity (Wildman–Crippen MR) is 115 cm³/mol. The molecule has 0 unspecified atom stereocenters. The zero-order valence-corrected chi connectivity index (χ0v) is 18.6. The predicted octanol–water partition coefficient (Wildman–Crippen LogP) is 4.36. The third kappa shape index (κ3) is 5.00. The first-order valence-electron chi connectivity index (χ1n) is 9.39. The van der Waals surface area contributed by atoms with Crippen molar-refractivity contribution in [2.45, 2.75) is 58.9 Å². The topological polar surface area (TPSA) is 66.5 Å². The minimum absolute atomic E-state index is 0.0908. The molecule has 0 aliphatic rings. The standard InChI is InChI=1S/C22H30N2O3S/c1-8-24(20-12-9-15(2)13-17(20)4)21(25)19-14-18(11-10-16(19)3)28(26,27)23-22(5,6)7/h9-14,23H,8H2,1-7H3. The van der Waals surface area contributed by atoms with Gasteiger partial charge in [-0.05, 0) is 77.8 Å². The van der Waals surface area contributed by atoms with Crippen LogP contribution in [0.3, 0.4) is 0 Å². The van der Waals surface area contributed by atoms with Gasteiger partial charge in [-0.15, -0.1) is 0 Å². The molecule has 0 aromatic heterocycles. The van der Waals surface area contributed by atoms with Gasteiger partial charge < -0.3 is 4.90 Å². The van der Waals surface area contributed by atoms with E-state index in [2.05, 4.69) is 4.72 Å². The van der Waals surface area contributed by atoms with Gasteiger partial charge in [0.1, 0.15) is 0 Å². The van der Waals surface area contributed by atoms with Crippen LogP contribution in [0.2, 0.25) is 0 Å². The van der Waals surface area contributed by atoms with Gasteiger partial charge in [0.15, 0.2) is 0 Å². The molecule has 2 rings (SSSR count). The van der Waals surface area contributed by atoms with Crippen molar-refractivity contribution in [2.24, 2.45) is 0 Å². The van der Waals surface area contributed by atoms with Crippen LogP contribution in [0.15, 0.2) is 41.3 Å². The van der Waals surface area contributed by atoms with Gasteiger partial charge in [-0.25, -0.2) is 13.1 Å². The highest BCUT2D eigenvalue weighted by Gasteiger charge is 2.25. The van der Waals surface area contributed by atoms with Crippen molar-refractivity contribution in [3.8, 4) is 0 Å². The zero-order valence-electron chi connectivity index (χ0n) is 17.8. The molecular weight excluding hydrogens is 372 g/mol. The van der Waals surface area contributed by atoms with Gasteiger partial charge in [-0.1, -0.05) is 23.8 Å². The maximum absolute atomic E-state index is 13.3. The minimum Gasteiger partial charge on any atom is -0.308 e. The number of benzene rings is 2. The Balaban J connectivity index is 2.50. The molecule has 0 radical (unpaired) electrons. The van der Waals surface area contributed by atoms with E-state index in [4.69, 9.17) is 0 Å². The molecular formula is C22H30N2O3S. The van der Waals surface area contributed by atoms with Gasteiger partial charge in [0, 0.05) is 23.3 Å². The lowest BCUT2D eigenvalue weighted by molar-refractivity contribution is 0.0987. The number of carbonyl (C=O) groups excluding carboxylic acids is 1. The molecule has 0 saturated carbocycles. The van der Waals surface area contributed by atoms with Crippen molar-refractivity contribution < 1.29 is 13.2 Å². The summed E-state index contributed by atoms with van der Waals surface area (Å²) < 4.78 is 28.0. The summed E-state index contributed by atoms with van der Waals surface area (Å²) in [6.45, 7) is 13.5. The molecule has 0 bridgehead atoms. The lowest BCUT2D eigenvalue weighted by atomic mass is 10.1. The highest BCUT2D eigenvalue weighted by Crippen LogP contribution is 2.25. The van der Waals surface area contributed by atoms with Crippen molar-refractivity contribution in [3.63, 3.8) is 0 Å². The Bertz CT molecular complexity index is 989. The maximum atomic E-state index is 13.3. The Morgan fingerprint density at radius 2 is 1.64 bits per heavy atom. The van der Waals surface area contributed by atoms with Gasteiger partial charge in [0.25, 0.3) is 5.91 Å². The van der Waals surface area contributed by atoms with E-state index in [-0.39, 0.29) is 10.8 Å². The van der Waals surface area contributed by atoms with Crippen LogP contribution in [-0.2, 0) is 10.0 Å². The number of hydrogen-bond donors (Lipinski definition) is 1. The molecule has 0 atom stereocenters. The van der Waals surface area contributed by atoms with E-state index in [0.717, 1.165) is 22.4 Å². The summed E-state index contributed by atoms with van der Waals surface area (Å²) in [7, 11) is -3.72. The minimum atomic E-state index is -3.72. The third-order valence-electron chi connectivity index (χ3n) is 4.39. The number of aryl methyl sites for hydroxylation is 3. The van der Waals surface area contributed by atoms with Gasteiger partial charge in [-0.2, -0.15) is 0 Å². The smallest absolute Gasteiger partial charge is 0.258 e. The SMILES string of the molecule is CCN(C(=O)c1cc(S(=O)(=O)NC(C)(C)C)ccc1C)c1ccc(C)cc1C. The molecule has 28 heavy (non-hydrogen) atoms. The summed E-state index contributed by atoms with van der Waals surface area (Å²) in [6.07, 6.45) is 0. The Labute approximate surface area is 168 Å². The molecule has 6 heteroatoms. The first kappa shape index (κ1) is 22.1.